The predicted octanol–water partition coefficient (Wildman–Crippen LogP) is 0.719. The molecule has 12 heavy (non-hydrogen) atoms. The van der Waals surface area contributed by atoms with Gasteiger partial charge in [0, 0.05) is 0 Å². The molecule has 0 unspecified atom stereocenters. The van der Waals surface area contributed by atoms with Crippen molar-refractivity contribution in [1.29, 1.82) is 0 Å². The van der Waals surface area contributed by atoms with Crippen LogP contribution < -0.4 is 5.90 Å². The maximum atomic E-state index is 4.97. The van der Waals surface area contributed by atoms with E-state index in [0.29, 0.717) is 12.8 Å². The van der Waals surface area contributed by atoms with Crippen molar-refractivity contribution < 1.29 is 4.84 Å². The van der Waals surface area contributed by atoms with Gasteiger partial charge in [-0.1, -0.05) is 29.6 Å². The monoisotopic (exact) mass is 183 g/mol. The molecule has 0 rings (SSSR count). The zero-order chi connectivity index (χ0) is 8.36. The lowest BCUT2D eigenvalue weighted by Crippen LogP contribution is -1.97. The average Bonchev–Trinajstić information content (AvgIpc) is 2.03. The Balaban J connectivity index is 0. The standard InChI is InChI=1S/C9H9NO.ClH/c1-2-3-4-5-6-7-8-9-11-10;/h1H,3,6,9-10H2;1H. The quantitative estimate of drug-likeness (QED) is 0.480. The van der Waals surface area contributed by atoms with Crippen LogP contribution in [0.5, 0.6) is 0 Å². The Hall–Kier alpha value is -1.11. The molecule has 0 aromatic carbocycles. The molecule has 0 aromatic heterocycles. The van der Waals surface area contributed by atoms with Crippen LogP contribution in [0.4, 0.5) is 0 Å². The van der Waals surface area contributed by atoms with Gasteiger partial charge in [-0.2, -0.15) is 0 Å². The van der Waals surface area contributed by atoms with Crippen LogP contribution in [-0.2, 0) is 4.84 Å². The molecule has 0 saturated heterocycles. The fourth-order valence-corrected chi connectivity index (χ4v) is 0.375. The Labute approximate surface area is 79.2 Å². The summed E-state index contributed by atoms with van der Waals surface area (Å²) in [6.07, 6.45) is 5.97. The Bertz CT molecular complexity index is 246. The van der Waals surface area contributed by atoms with Crippen molar-refractivity contribution in [2.75, 3.05) is 6.61 Å². The highest BCUT2D eigenvalue weighted by Gasteiger charge is 1.68. The van der Waals surface area contributed by atoms with E-state index < -0.39 is 0 Å². The fraction of sp³-hybridized carbons (Fsp3) is 0.333. The van der Waals surface area contributed by atoms with Crippen LogP contribution in [0.1, 0.15) is 12.8 Å². The van der Waals surface area contributed by atoms with Crippen LogP contribution in [0, 0.1) is 36.0 Å². The van der Waals surface area contributed by atoms with Gasteiger partial charge < -0.3 is 0 Å². The van der Waals surface area contributed by atoms with Gasteiger partial charge in [0.25, 0.3) is 0 Å². The smallest absolute Gasteiger partial charge is 0.128 e. The van der Waals surface area contributed by atoms with Gasteiger partial charge in [-0.3, -0.25) is 4.84 Å². The number of hydrogen-bond acceptors (Lipinski definition) is 2. The summed E-state index contributed by atoms with van der Waals surface area (Å²) < 4.78 is 0. The van der Waals surface area contributed by atoms with Crippen molar-refractivity contribution >= 4 is 12.4 Å². The topological polar surface area (TPSA) is 35.2 Å². The van der Waals surface area contributed by atoms with E-state index in [4.69, 9.17) is 12.3 Å². The maximum absolute atomic E-state index is 4.97. The first-order valence-electron chi connectivity index (χ1n) is 3.08. The first-order valence-corrected chi connectivity index (χ1v) is 3.08. The van der Waals surface area contributed by atoms with Crippen molar-refractivity contribution in [2.45, 2.75) is 12.8 Å². The van der Waals surface area contributed by atoms with E-state index in [1.807, 2.05) is 0 Å². The zero-order valence-electron chi connectivity index (χ0n) is 6.59. The zero-order valence-corrected chi connectivity index (χ0v) is 7.41. The minimum absolute atomic E-state index is 0. The van der Waals surface area contributed by atoms with E-state index in [0.717, 1.165) is 0 Å². The summed E-state index contributed by atoms with van der Waals surface area (Å²) in [5.74, 6) is 18.1. The Kier molecular flexibility index (Phi) is 14.1. The lowest BCUT2D eigenvalue weighted by atomic mass is 10.4. The summed E-state index contributed by atoms with van der Waals surface area (Å²) in [5, 5.41) is 0. The van der Waals surface area contributed by atoms with Crippen LogP contribution >= 0.6 is 12.4 Å². The normalized spacial score (nSPS) is 6.00. The molecule has 0 bridgehead atoms. The van der Waals surface area contributed by atoms with Gasteiger partial charge in [0.2, 0.25) is 0 Å². The summed E-state index contributed by atoms with van der Waals surface area (Å²) in [4.78, 5) is 4.22. The highest BCUT2D eigenvalue weighted by Crippen LogP contribution is 1.73. The lowest BCUT2D eigenvalue weighted by Gasteiger charge is -1.79. The third kappa shape index (κ3) is 11.7. The molecule has 0 saturated carbocycles. The Morgan fingerprint density at radius 2 is 1.67 bits per heavy atom. The first-order chi connectivity index (χ1) is 5.41. The molecule has 2 N–H and O–H groups in total. The van der Waals surface area contributed by atoms with E-state index in [9.17, 15) is 0 Å². The summed E-state index contributed by atoms with van der Waals surface area (Å²) in [6.45, 7) is 0.247. The molecule has 0 spiro atoms. The summed E-state index contributed by atoms with van der Waals surface area (Å²) >= 11 is 0. The molecule has 0 heterocycles. The van der Waals surface area contributed by atoms with E-state index in [2.05, 4.69) is 34.4 Å². The summed E-state index contributed by atoms with van der Waals surface area (Å²) in [7, 11) is 0. The maximum Gasteiger partial charge on any atom is 0.128 e. The Morgan fingerprint density at radius 1 is 1.08 bits per heavy atom. The van der Waals surface area contributed by atoms with Crippen molar-refractivity contribution in [2.24, 2.45) is 5.90 Å². The molecule has 3 heteroatoms. The third-order valence-corrected chi connectivity index (χ3v) is 0.773. The van der Waals surface area contributed by atoms with E-state index in [1.54, 1.807) is 0 Å². The van der Waals surface area contributed by atoms with Crippen molar-refractivity contribution in [3.63, 3.8) is 0 Å². The summed E-state index contributed by atoms with van der Waals surface area (Å²) in [5.41, 5.74) is 0. The van der Waals surface area contributed by atoms with Crippen LogP contribution in [-0.4, -0.2) is 6.61 Å². The van der Waals surface area contributed by atoms with Crippen LogP contribution in [0.15, 0.2) is 0 Å². The molecule has 0 aliphatic heterocycles. The molecule has 0 fully saturated rings. The van der Waals surface area contributed by atoms with Gasteiger partial charge in [0.1, 0.15) is 6.61 Å². The second kappa shape index (κ2) is 12.6. The SMILES string of the molecule is C#CCC#CCC#CCON.Cl. The second-order valence-corrected chi connectivity index (χ2v) is 1.58. The fourth-order valence-electron chi connectivity index (χ4n) is 0.375. The molecule has 0 radical (unpaired) electrons. The molecule has 0 amide bonds. The number of halogens is 1. The molecule has 0 atom stereocenters. The number of terminal acetylenes is 1. The molecular formula is C9H10ClNO. The third-order valence-electron chi connectivity index (χ3n) is 0.773. The molecule has 0 aliphatic rings. The van der Waals surface area contributed by atoms with Gasteiger partial charge >= 0.3 is 0 Å². The van der Waals surface area contributed by atoms with Gasteiger partial charge in [-0.05, 0) is 0 Å². The van der Waals surface area contributed by atoms with Crippen molar-refractivity contribution in [3.8, 4) is 36.0 Å². The van der Waals surface area contributed by atoms with Crippen LogP contribution in [0.3, 0.4) is 0 Å². The van der Waals surface area contributed by atoms with Crippen molar-refractivity contribution in [1.82, 2.24) is 0 Å². The average molecular weight is 184 g/mol. The van der Waals surface area contributed by atoms with E-state index in [1.165, 1.54) is 0 Å². The molecule has 0 aliphatic carbocycles. The minimum atomic E-state index is 0. The first kappa shape index (κ1) is 13.5. The van der Waals surface area contributed by atoms with Crippen LogP contribution in [0.2, 0.25) is 0 Å². The molecule has 64 valence electrons. The van der Waals surface area contributed by atoms with Crippen LogP contribution in [0.25, 0.3) is 0 Å². The second-order valence-electron chi connectivity index (χ2n) is 1.58. The molecule has 2 nitrogen and oxygen atoms in total. The van der Waals surface area contributed by atoms with Gasteiger partial charge in [0.05, 0.1) is 12.8 Å². The molecule has 0 aromatic rings. The summed E-state index contributed by atoms with van der Waals surface area (Å²) in [6, 6.07) is 0. The number of nitrogens with two attached hydrogens (primary N) is 1. The highest BCUT2D eigenvalue weighted by molar-refractivity contribution is 5.85. The highest BCUT2D eigenvalue weighted by atomic mass is 35.5. The number of hydrogen-bond donors (Lipinski definition) is 1. The predicted molar refractivity (Wildman–Crippen MR) is 51.0 cm³/mol. The molecular weight excluding hydrogens is 174 g/mol. The van der Waals surface area contributed by atoms with Gasteiger partial charge in [-0.25, -0.2) is 5.90 Å². The van der Waals surface area contributed by atoms with Gasteiger partial charge in [-0.15, -0.1) is 18.8 Å². The largest absolute Gasteiger partial charge is 0.292 e. The van der Waals surface area contributed by atoms with Crippen molar-refractivity contribution in [3.05, 3.63) is 0 Å². The lowest BCUT2D eigenvalue weighted by molar-refractivity contribution is 0.173. The van der Waals surface area contributed by atoms with E-state index in [-0.39, 0.29) is 19.0 Å². The minimum Gasteiger partial charge on any atom is -0.292 e. The van der Waals surface area contributed by atoms with Gasteiger partial charge in [0.15, 0.2) is 0 Å². The van der Waals surface area contributed by atoms with E-state index >= 15 is 0 Å². The number of rotatable bonds is 1. The Morgan fingerprint density at radius 3 is 2.25 bits per heavy atom.